The molecule has 1 aromatic carbocycles. The summed E-state index contributed by atoms with van der Waals surface area (Å²) in [4.78, 5) is 16.1. The van der Waals surface area contributed by atoms with Crippen molar-refractivity contribution in [1.82, 2.24) is 14.9 Å². The van der Waals surface area contributed by atoms with Crippen molar-refractivity contribution in [3.05, 3.63) is 29.8 Å². The second-order valence-corrected chi connectivity index (χ2v) is 10.1. The molecule has 0 radical (unpaired) electrons. The van der Waals surface area contributed by atoms with Gasteiger partial charge in [-0.25, -0.2) is 12.7 Å². The van der Waals surface area contributed by atoms with Crippen LogP contribution in [0.25, 0.3) is 0 Å². The van der Waals surface area contributed by atoms with Crippen LogP contribution in [0.15, 0.2) is 29.3 Å². The molecule has 0 saturated carbocycles. The first kappa shape index (κ1) is 20.9. The number of sulfonamides is 1. The van der Waals surface area contributed by atoms with Gasteiger partial charge in [0.25, 0.3) is 0 Å². The monoisotopic (exact) mass is 425 g/mol. The van der Waals surface area contributed by atoms with E-state index in [4.69, 9.17) is 0 Å². The highest BCUT2D eigenvalue weighted by Crippen LogP contribution is 2.31. The Hall–Kier alpha value is -1.78. The molecular weight excluding hydrogens is 398 g/mol. The van der Waals surface area contributed by atoms with E-state index in [1.165, 1.54) is 0 Å². The van der Waals surface area contributed by atoms with Gasteiger partial charge in [0.2, 0.25) is 15.9 Å². The molecule has 0 aromatic heterocycles. The number of carbonyl (C=O) groups excluding carboxylic acids is 1. The van der Waals surface area contributed by atoms with E-state index in [0.29, 0.717) is 32.0 Å². The quantitative estimate of drug-likeness (QED) is 0.457. The number of aliphatic imine (C=N–C) groups is 1. The lowest BCUT2D eigenvalue weighted by Crippen LogP contribution is -2.45. The number of hydrogen-bond donors (Lipinski definition) is 3. The highest BCUT2D eigenvalue weighted by atomic mass is 32.2. The molecule has 1 saturated heterocycles. The normalized spacial score (nSPS) is 21.0. The minimum atomic E-state index is -3.25. The van der Waals surface area contributed by atoms with Gasteiger partial charge in [0, 0.05) is 62.8 Å². The fourth-order valence-electron chi connectivity index (χ4n) is 3.38. The van der Waals surface area contributed by atoms with Gasteiger partial charge in [0.05, 0.1) is 5.75 Å². The van der Waals surface area contributed by atoms with Gasteiger partial charge < -0.3 is 16.0 Å². The summed E-state index contributed by atoms with van der Waals surface area (Å²) in [5, 5.41) is 9.17. The van der Waals surface area contributed by atoms with Gasteiger partial charge in [0.15, 0.2) is 5.96 Å². The number of anilines is 1. The minimum Gasteiger partial charge on any atom is -0.356 e. The van der Waals surface area contributed by atoms with E-state index in [0.717, 1.165) is 22.8 Å². The van der Waals surface area contributed by atoms with Crippen molar-refractivity contribution in [3.8, 4) is 0 Å². The Balaban J connectivity index is 1.49. The topological polar surface area (TPSA) is 103 Å². The molecule has 1 unspecified atom stereocenters. The third-order valence-corrected chi connectivity index (χ3v) is 7.68. The van der Waals surface area contributed by atoms with Gasteiger partial charge in [-0.1, -0.05) is 18.2 Å². The molecule has 8 nitrogen and oxygen atoms in total. The highest BCUT2D eigenvalue weighted by molar-refractivity contribution is 7.99. The highest BCUT2D eigenvalue weighted by Gasteiger charge is 2.25. The molecule has 1 aromatic rings. The maximum absolute atomic E-state index is 12.4. The van der Waals surface area contributed by atoms with Crippen molar-refractivity contribution in [2.45, 2.75) is 12.3 Å². The van der Waals surface area contributed by atoms with Crippen molar-refractivity contribution >= 4 is 39.3 Å². The molecule has 0 bridgehead atoms. The second-order valence-electron chi connectivity index (χ2n) is 6.74. The lowest BCUT2D eigenvalue weighted by atomic mass is 9.90. The molecule has 28 heavy (non-hydrogen) atoms. The molecule has 2 heterocycles. The number of nitrogens with zero attached hydrogens (tertiary/aromatic N) is 2. The number of fused-ring (bicyclic) bond motifs is 1. The number of hydrogen-bond acceptors (Lipinski definition) is 5. The summed E-state index contributed by atoms with van der Waals surface area (Å²) in [5.74, 6) is 2.32. The fraction of sp³-hybridized carbons (Fsp3) is 0.556. The van der Waals surface area contributed by atoms with Gasteiger partial charge in [-0.2, -0.15) is 11.8 Å². The number of amides is 1. The van der Waals surface area contributed by atoms with Crippen LogP contribution in [0, 0.1) is 0 Å². The van der Waals surface area contributed by atoms with Gasteiger partial charge >= 0.3 is 0 Å². The SMILES string of the molecule is CN=C(NCCS(=O)(=O)N1CCSCC1)NCC1CC(=O)Nc2ccccc21. The standard InChI is InChI=1S/C18H27N5O3S2/c1-19-18(20-6-11-28(25,26)23-7-9-27-10-8-23)21-13-14-12-17(24)22-16-5-3-2-4-15(14)16/h2-5,14H,6-13H2,1H3,(H,22,24)(H2,19,20,21). The summed E-state index contributed by atoms with van der Waals surface area (Å²) in [5.41, 5.74) is 1.94. The molecule has 1 amide bonds. The molecule has 2 aliphatic rings. The average Bonchev–Trinajstić information content (AvgIpc) is 2.70. The number of nitrogens with one attached hydrogen (secondary N) is 3. The van der Waals surface area contributed by atoms with Crippen molar-refractivity contribution in [2.24, 2.45) is 4.99 Å². The maximum atomic E-state index is 12.4. The van der Waals surface area contributed by atoms with Gasteiger partial charge in [-0.05, 0) is 11.6 Å². The number of para-hydroxylation sites is 1. The van der Waals surface area contributed by atoms with E-state index in [1.807, 2.05) is 24.3 Å². The van der Waals surface area contributed by atoms with Crippen LogP contribution in [0.1, 0.15) is 17.9 Å². The summed E-state index contributed by atoms with van der Waals surface area (Å²) in [6, 6.07) is 7.77. The number of benzene rings is 1. The average molecular weight is 426 g/mol. The molecule has 0 aliphatic carbocycles. The van der Waals surface area contributed by atoms with Crippen LogP contribution in [0.3, 0.4) is 0 Å². The molecule has 154 valence electrons. The van der Waals surface area contributed by atoms with E-state index in [9.17, 15) is 13.2 Å². The van der Waals surface area contributed by atoms with E-state index in [2.05, 4.69) is 20.9 Å². The van der Waals surface area contributed by atoms with E-state index >= 15 is 0 Å². The molecule has 10 heteroatoms. The van der Waals surface area contributed by atoms with Crippen molar-refractivity contribution < 1.29 is 13.2 Å². The minimum absolute atomic E-state index is 0.000709. The number of guanidine groups is 1. The van der Waals surface area contributed by atoms with Gasteiger partial charge in [-0.15, -0.1) is 0 Å². The summed E-state index contributed by atoms with van der Waals surface area (Å²) < 4.78 is 26.4. The van der Waals surface area contributed by atoms with E-state index in [-0.39, 0.29) is 24.1 Å². The second kappa shape index (κ2) is 9.62. The zero-order chi connectivity index (χ0) is 20.0. The Labute approximate surface area is 170 Å². The summed E-state index contributed by atoms with van der Waals surface area (Å²) in [6.45, 7) is 2.00. The number of carbonyl (C=O) groups is 1. The smallest absolute Gasteiger partial charge is 0.225 e. The maximum Gasteiger partial charge on any atom is 0.225 e. The Morgan fingerprint density at radius 2 is 2.04 bits per heavy atom. The van der Waals surface area contributed by atoms with Gasteiger partial charge in [0.1, 0.15) is 0 Å². The van der Waals surface area contributed by atoms with Crippen molar-refractivity contribution in [3.63, 3.8) is 0 Å². The fourth-order valence-corrected chi connectivity index (χ4v) is 5.87. The zero-order valence-corrected chi connectivity index (χ0v) is 17.6. The molecular formula is C18H27N5O3S2. The van der Waals surface area contributed by atoms with Crippen LogP contribution in [0.2, 0.25) is 0 Å². The Kier molecular flexibility index (Phi) is 7.19. The van der Waals surface area contributed by atoms with E-state index < -0.39 is 10.0 Å². The number of thioether (sulfide) groups is 1. The Morgan fingerprint density at radius 3 is 2.79 bits per heavy atom. The first-order valence-corrected chi connectivity index (χ1v) is 12.1. The van der Waals surface area contributed by atoms with Crippen LogP contribution in [-0.2, 0) is 14.8 Å². The van der Waals surface area contributed by atoms with Crippen LogP contribution in [0.5, 0.6) is 0 Å². The predicted molar refractivity (Wildman–Crippen MR) is 114 cm³/mol. The van der Waals surface area contributed by atoms with Crippen LogP contribution in [-0.4, -0.2) is 75.1 Å². The zero-order valence-electron chi connectivity index (χ0n) is 16.0. The Bertz CT molecular complexity index is 822. The lowest BCUT2D eigenvalue weighted by molar-refractivity contribution is -0.116. The largest absolute Gasteiger partial charge is 0.356 e. The van der Waals surface area contributed by atoms with Crippen LogP contribution in [0.4, 0.5) is 5.69 Å². The molecule has 1 atom stereocenters. The van der Waals surface area contributed by atoms with E-state index in [1.54, 1.807) is 23.1 Å². The molecule has 0 spiro atoms. The number of rotatable bonds is 6. The van der Waals surface area contributed by atoms with Crippen LogP contribution >= 0.6 is 11.8 Å². The predicted octanol–water partition coefficient (Wildman–Crippen LogP) is 0.656. The van der Waals surface area contributed by atoms with Gasteiger partial charge in [-0.3, -0.25) is 9.79 Å². The third kappa shape index (κ3) is 5.39. The summed E-state index contributed by atoms with van der Waals surface area (Å²) in [7, 11) is -1.60. The lowest BCUT2D eigenvalue weighted by Gasteiger charge is -2.27. The van der Waals surface area contributed by atoms with Crippen molar-refractivity contribution in [1.29, 1.82) is 0 Å². The Morgan fingerprint density at radius 1 is 1.29 bits per heavy atom. The first-order chi connectivity index (χ1) is 13.5. The summed E-state index contributed by atoms with van der Waals surface area (Å²) >= 11 is 1.78. The molecule has 3 N–H and O–H groups in total. The first-order valence-electron chi connectivity index (χ1n) is 9.38. The molecule has 2 aliphatic heterocycles. The van der Waals surface area contributed by atoms with Crippen LogP contribution < -0.4 is 16.0 Å². The van der Waals surface area contributed by atoms with Crippen molar-refractivity contribution in [2.75, 3.05) is 55.8 Å². The molecule has 3 rings (SSSR count). The third-order valence-electron chi connectivity index (χ3n) is 4.86. The summed E-state index contributed by atoms with van der Waals surface area (Å²) in [6.07, 6.45) is 0.405. The molecule has 1 fully saturated rings.